The number of ether oxygens (including phenoxy) is 1. The van der Waals surface area contributed by atoms with Gasteiger partial charge in [0, 0.05) is 12.2 Å². The minimum atomic E-state index is 0.0301. The number of hydrogen-bond acceptors (Lipinski definition) is 3. The minimum absolute atomic E-state index is 0.0301. The van der Waals surface area contributed by atoms with Crippen molar-refractivity contribution in [1.82, 2.24) is 14.9 Å². The Morgan fingerprint density at radius 3 is 3.05 bits per heavy atom. The summed E-state index contributed by atoms with van der Waals surface area (Å²) in [5, 5.41) is 0. The van der Waals surface area contributed by atoms with Crippen LogP contribution in [0.5, 0.6) is 5.75 Å². The monoisotopic (exact) mass is 298 g/mol. The third-order valence-corrected chi connectivity index (χ3v) is 4.35. The number of fused-ring (bicyclic) bond motifs is 3. The van der Waals surface area contributed by atoms with Crippen molar-refractivity contribution in [3.05, 3.63) is 41.5 Å². The van der Waals surface area contributed by atoms with Crippen LogP contribution in [0.4, 0.5) is 10.5 Å². The quantitative estimate of drug-likeness (QED) is 0.925. The van der Waals surface area contributed by atoms with E-state index < -0.39 is 0 Å². The molecule has 0 radical (unpaired) electrons. The molecule has 1 fully saturated rings. The summed E-state index contributed by atoms with van der Waals surface area (Å²) in [5.74, 6) is 0.785. The smallest absolute Gasteiger partial charge is 0.325 e. The van der Waals surface area contributed by atoms with Gasteiger partial charge in [-0.15, -0.1) is 0 Å². The highest BCUT2D eigenvalue weighted by atomic mass is 16.5. The van der Waals surface area contributed by atoms with E-state index in [0.29, 0.717) is 19.7 Å². The molecule has 114 valence electrons. The van der Waals surface area contributed by atoms with Crippen LogP contribution in [0, 0.1) is 13.8 Å². The van der Waals surface area contributed by atoms with Gasteiger partial charge >= 0.3 is 6.03 Å². The molecule has 1 unspecified atom stereocenters. The van der Waals surface area contributed by atoms with E-state index in [1.807, 2.05) is 41.8 Å². The van der Waals surface area contributed by atoms with Gasteiger partial charge in [-0.1, -0.05) is 6.07 Å². The normalized spacial score (nSPS) is 19.9. The molecule has 2 amide bonds. The van der Waals surface area contributed by atoms with Crippen molar-refractivity contribution in [1.29, 1.82) is 0 Å². The molecule has 0 aliphatic carbocycles. The molecule has 2 aliphatic heterocycles. The molecule has 1 saturated heterocycles. The van der Waals surface area contributed by atoms with Crippen molar-refractivity contribution in [2.75, 3.05) is 18.1 Å². The second-order valence-electron chi connectivity index (χ2n) is 5.94. The second kappa shape index (κ2) is 4.76. The summed E-state index contributed by atoms with van der Waals surface area (Å²) in [4.78, 5) is 23.9. The predicted octanol–water partition coefficient (Wildman–Crippen LogP) is 2.23. The van der Waals surface area contributed by atoms with Gasteiger partial charge in [0.25, 0.3) is 0 Å². The Morgan fingerprint density at radius 2 is 2.27 bits per heavy atom. The van der Waals surface area contributed by atoms with Gasteiger partial charge in [-0.3, -0.25) is 4.90 Å². The average molecular weight is 298 g/mol. The average Bonchev–Trinajstić information content (AvgIpc) is 3.04. The van der Waals surface area contributed by atoms with Crippen LogP contribution in [0.2, 0.25) is 0 Å². The first-order valence-corrected chi connectivity index (χ1v) is 7.44. The largest absolute Gasteiger partial charge is 0.489 e. The molecular weight excluding hydrogens is 280 g/mol. The highest BCUT2D eigenvalue weighted by Gasteiger charge is 2.42. The Kier molecular flexibility index (Phi) is 2.85. The topological polar surface area (TPSA) is 61.5 Å². The Balaban J connectivity index is 1.64. The fraction of sp³-hybridized carbons (Fsp3) is 0.375. The number of aromatic amines is 1. The van der Waals surface area contributed by atoms with Crippen LogP contribution < -0.4 is 9.64 Å². The zero-order chi connectivity index (χ0) is 15.3. The third-order valence-electron chi connectivity index (χ3n) is 4.35. The number of benzene rings is 1. The Morgan fingerprint density at radius 1 is 1.41 bits per heavy atom. The fourth-order valence-electron chi connectivity index (χ4n) is 3.13. The number of aryl methyl sites for hydroxylation is 2. The van der Waals surface area contributed by atoms with E-state index in [9.17, 15) is 4.79 Å². The van der Waals surface area contributed by atoms with Gasteiger partial charge in [0.1, 0.15) is 12.4 Å². The Labute approximate surface area is 128 Å². The maximum atomic E-state index is 12.8. The summed E-state index contributed by atoms with van der Waals surface area (Å²) in [6.07, 6.45) is 1.67. The number of aromatic nitrogens is 2. The van der Waals surface area contributed by atoms with E-state index in [1.54, 1.807) is 6.33 Å². The van der Waals surface area contributed by atoms with E-state index in [1.165, 1.54) is 0 Å². The first kappa shape index (κ1) is 13.2. The zero-order valence-corrected chi connectivity index (χ0v) is 12.7. The minimum Gasteiger partial charge on any atom is -0.489 e. The third kappa shape index (κ3) is 1.94. The molecule has 2 aliphatic rings. The number of anilines is 1. The van der Waals surface area contributed by atoms with Gasteiger partial charge in [-0.05, 0) is 31.5 Å². The van der Waals surface area contributed by atoms with Crippen molar-refractivity contribution in [3.63, 3.8) is 0 Å². The molecule has 6 nitrogen and oxygen atoms in total. The van der Waals surface area contributed by atoms with Crippen LogP contribution in [-0.4, -0.2) is 40.1 Å². The lowest BCUT2D eigenvalue weighted by Gasteiger charge is -2.30. The number of rotatable bonds is 2. The highest BCUT2D eigenvalue weighted by Crippen LogP contribution is 2.38. The molecule has 0 saturated carbocycles. The lowest BCUT2D eigenvalue weighted by atomic mass is 10.1. The number of nitrogens with zero attached hydrogens (tertiary/aromatic N) is 3. The van der Waals surface area contributed by atoms with Crippen molar-refractivity contribution < 1.29 is 9.53 Å². The maximum absolute atomic E-state index is 12.8. The van der Waals surface area contributed by atoms with E-state index in [2.05, 4.69) is 9.97 Å². The van der Waals surface area contributed by atoms with E-state index in [4.69, 9.17) is 4.74 Å². The number of carbonyl (C=O) groups is 1. The van der Waals surface area contributed by atoms with E-state index in [0.717, 1.165) is 28.4 Å². The van der Waals surface area contributed by atoms with Gasteiger partial charge in [0.05, 0.1) is 30.3 Å². The Hall–Kier alpha value is -2.50. The fourth-order valence-corrected chi connectivity index (χ4v) is 3.13. The van der Waals surface area contributed by atoms with Gasteiger partial charge in [0.2, 0.25) is 0 Å². The van der Waals surface area contributed by atoms with Crippen molar-refractivity contribution >= 4 is 11.7 Å². The lowest BCUT2D eigenvalue weighted by Crippen LogP contribution is -2.41. The predicted molar refractivity (Wildman–Crippen MR) is 82.1 cm³/mol. The van der Waals surface area contributed by atoms with Gasteiger partial charge < -0.3 is 14.6 Å². The molecule has 1 aromatic carbocycles. The summed E-state index contributed by atoms with van der Waals surface area (Å²) in [7, 11) is 0. The van der Waals surface area contributed by atoms with Gasteiger partial charge in [-0.2, -0.15) is 0 Å². The van der Waals surface area contributed by atoms with Crippen LogP contribution in [0.3, 0.4) is 0 Å². The summed E-state index contributed by atoms with van der Waals surface area (Å²) in [6.45, 7) is 5.73. The van der Waals surface area contributed by atoms with Gasteiger partial charge in [0.15, 0.2) is 0 Å². The SMILES string of the molecule is Cc1ccc2c(c1)N1C(=O)N(Cc3nc[nH]c3C)CC1CO2. The molecule has 0 bridgehead atoms. The summed E-state index contributed by atoms with van der Waals surface area (Å²) >= 11 is 0. The first-order valence-electron chi connectivity index (χ1n) is 7.44. The molecular formula is C16H18N4O2. The summed E-state index contributed by atoms with van der Waals surface area (Å²) in [5.41, 5.74) is 3.92. The Bertz CT molecular complexity index is 739. The number of hydrogen-bond donors (Lipinski definition) is 1. The first-order chi connectivity index (χ1) is 10.6. The molecule has 1 atom stereocenters. The molecule has 1 aromatic heterocycles. The molecule has 2 aromatic rings. The maximum Gasteiger partial charge on any atom is 0.325 e. The van der Waals surface area contributed by atoms with Crippen molar-refractivity contribution in [2.45, 2.75) is 26.4 Å². The van der Waals surface area contributed by atoms with Crippen LogP contribution >= 0.6 is 0 Å². The van der Waals surface area contributed by atoms with Gasteiger partial charge in [-0.25, -0.2) is 9.78 Å². The number of imidazole rings is 1. The van der Waals surface area contributed by atoms with Crippen LogP contribution in [0.15, 0.2) is 24.5 Å². The second-order valence-corrected chi connectivity index (χ2v) is 5.94. The molecule has 1 N–H and O–H groups in total. The molecule has 0 spiro atoms. The standard InChI is InChI=1S/C16H18N4O2/c1-10-3-4-15-14(5-10)20-12(8-22-15)6-19(16(20)21)7-13-11(2)17-9-18-13/h3-5,9,12H,6-8H2,1-2H3,(H,17,18). The number of urea groups is 1. The summed E-state index contributed by atoms with van der Waals surface area (Å²) in [6, 6.07) is 6.06. The molecule has 22 heavy (non-hydrogen) atoms. The number of amides is 2. The molecule has 4 rings (SSSR count). The van der Waals surface area contributed by atoms with Crippen molar-refractivity contribution in [3.8, 4) is 5.75 Å². The van der Waals surface area contributed by atoms with Crippen LogP contribution in [0.25, 0.3) is 0 Å². The van der Waals surface area contributed by atoms with Crippen molar-refractivity contribution in [2.24, 2.45) is 0 Å². The van der Waals surface area contributed by atoms with E-state index >= 15 is 0 Å². The number of carbonyl (C=O) groups excluding carboxylic acids is 1. The number of H-pyrrole nitrogens is 1. The molecule has 6 heteroatoms. The zero-order valence-electron chi connectivity index (χ0n) is 12.7. The highest BCUT2D eigenvalue weighted by molar-refractivity contribution is 5.97. The van der Waals surface area contributed by atoms with E-state index in [-0.39, 0.29) is 12.1 Å². The van der Waals surface area contributed by atoms with Crippen LogP contribution in [-0.2, 0) is 6.54 Å². The lowest BCUT2D eigenvalue weighted by molar-refractivity contribution is 0.218. The molecule has 3 heterocycles. The van der Waals surface area contributed by atoms with Crippen LogP contribution in [0.1, 0.15) is 17.0 Å². The summed E-state index contributed by atoms with van der Waals surface area (Å²) < 4.78 is 5.81. The number of nitrogens with one attached hydrogen (secondary N) is 1.